The van der Waals surface area contributed by atoms with E-state index in [0.29, 0.717) is 11.8 Å². The fraction of sp³-hybridized carbons (Fsp3) is 0.0909. The predicted molar refractivity (Wildman–Crippen MR) is 53.8 cm³/mol. The second-order valence-corrected chi connectivity index (χ2v) is 3.03. The Labute approximate surface area is 90.7 Å². The van der Waals surface area contributed by atoms with Crippen molar-refractivity contribution in [2.45, 2.75) is 0 Å². The van der Waals surface area contributed by atoms with Crippen molar-refractivity contribution in [2.24, 2.45) is 0 Å². The van der Waals surface area contributed by atoms with E-state index in [2.05, 4.69) is 4.98 Å². The number of oxazole rings is 1. The van der Waals surface area contributed by atoms with Gasteiger partial charge in [-0.15, -0.1) is 0 Å². The van der Waals surface area contributed by atoms with Gasteiger partial charge in [-0.2, -0.15) is 0 Å². The zero-order valence-corrected chi connectivity index (χ0v) is 8.44. The molecule has 0 aliphatic heterocycles. The summed E-state index contributed by atoms with van der Waals surface area (Å²) in [4.78, 5) is 14.3. The van der Waals surface area contributed by atoms with Crippen LogP contribution >= 0.6 is 0 Å². The normalized spacial score (nSPS) is 10.1. The number of aromatic nitrogens is 1. The van der Waals surface area contributed by atoms with Crippen LogP contribution in [-0.2, 0) is 0 Å². The van der Waals surface area contributed by atoms with Gasteiger partial charge in [-0.3, -0.25) is 4.79 Å². The minimum atomic E-state index is -0.520. The van der Waals surface area contributed by atoms with Gasteiger partial charge in [0.05, 0.1) is 7.11 Å². The largest absolute Gasteiger partial charge is 0.494 e. The maximum atomic E-state index is 13.4. The highest BCUT2D eigenvalue weighted by molar-refractivity contribution is 5.82. The first-order valence-electron chi connectivity index (χ1n) is 4.49. The molecule has 0 amide bonds. The van der Waals surface area contributed by atoms with Crippen molar-refractivity contribution >= 4 is 6.29 Å². The third-order valence-corrected chi connectivity index (χ3v) is 2.12. The van der Waals surface area contributed by atoms with E-state index in [0.717, 1.165) is 6.39 Å². The average molecular weight is 221 g/mol. The molecule has 5 heteroatoms. The molecule has 0 saturated carbocycles. The molecule has 0 fully saturated rings. The Morgan fingerprint density at radius 1 is 1.50 bits per heavy atom. The Kier molecular flexibility index (Phi) is 2.68. The van der Waals surface area contributed by atoms with Crippen LogP contribution in [0.3, 0.4) is 0 Å². The van der Waals surface area contributed by atoms with Crippen LogP contribution in [-0.4, -0.2) is 18.4 Å². The first-order valence-corrected chi connectivity index (χ1v) is 4.49. The summed E-state index contributed by atoms with van der Waals surface area (Å²) in [5, 5.41) is 0. The fourth-order valence-electron chi connectivity index (χ4n) is 1.36. The minimum Gasteiger partial charge on any atom is -0.494 e. The number of halogens is 1. The number of hydrogen-bond acceptors (Lipinski definition) is 4. The molecule has 2 aromatic rings. The van der Waals surface area contributed by atoms with Crippen LogP contribution < -0.4 is 4.74 Å². The van der Waals surface area contributed by atoms with Gasteiger partial charge in [0.15, 0.2) is 30.0 Å². The first-order chi connectivity index (χ1) is 7.76. The molecule has 0 unspecified atom stereocenters. The maximum absolute atomic E-state index is 13.4. The van der Waals surface area contributed by atoms with Gasteiger partial charge in [-0.1, -0.05) is 0 Å². The molecule has 4 nitrogen and oxygen atoms in total. The molecule has 0 saturated heterocycles. The predicted octanol–water partition coefficient (Wildman–Crippen LogP) is 2.30. The third-order valence-electron chi connectivity index (χ3n) is 2.12. The molecule has 0 bridgehead atoms. The van der Waals surface area contributed by atoms with E-state index >= 15 is 0 Å². The summed E-state index contributed by atoms with van der Waals surface area (Å²) in [6.45, 7) is 0. The Morgan fingerprint density at radius 3 is 2.94 bits per heavy atom. The number of ether oxygens (including phenoxy) is 1. The lowest BCUT2D eigenvalue weighted by molar-refractivity contribution is 0.112. The van der Waals surface area contributed by atoms with E-state index in [1.54, 1.807) is 6.07 Å². The third kappa shape index (κ3) is 1.67. The number of methoxy groups -OCH3 is 1. The summed E-state index contributed by atoms with van der Waals surface area (Å²) in [6, 6.07) is 4.28. The first kappa shape index (κ1) is 10.4. The molecule has 1 aromatic carbocycles. The van der Waals surface area contributed by atoms with E-state index in [4.69, 9.17) is 9.15 Å². The van der Waals surface area contributed by atoms with E-state index in [9.17, 15) is 9.18 Å². The smallest absolute Gasteiger partial charge is 0.182 e. The van der Waals surface area contributed by atoms with Crippen molar-refractivity contribution in [3.8, 4) is 17.1 Å². The Bertz CT molecular complexity index is 522. The van der Waals surface area contributed by atoms with Gasteiger partial charge in [-0.05, 0) is 18.2 Å². The Morgan fingerprint density at radius 2 is 2.31 bits per heavy atom. The number of rotatable bonds is 3. The highest BCUT2D eigenvalue weighted by Crippen LogP contribution is 2.26. The number of aldehydes is 1. The standard InChI is InChI=1S/C11H8FNO3/c1-15-10-3-2-7(4-8(10)12)11-9(5-14)13-6-16-11/h2-6H,1H3. The summed E-state index contributed by atoms with van der Waals surface area (Å²) in [7, 11) is 1.38. The van der Waals surface area contributed by atoms with Crippen LogP contribution in [0.4, 0.5) is 4.39 Å². The monoisotopic (exact) mass is 221 g/mol. The minimum absolute atomic E-state index is 0.135. The van der Waals surface area contributed by atoms with Crippen LogP contribution in [0.1, 0.15) is 10.5 Å². The molecule has 0 spiro atoms. The number of hydrogen-bond donors (Lipinski definition) is 0. The molecule has 0 N–H and O–H groups in total. The van der Waals surface area contributed by atoms with Crippen LogP contribution in [0.5, 0.6) is 5.75 Å². The quantitative estimate of drug-likeness (QED) is 0.746. The van der Waals surface area contributed by atoms with Crippen LogP contribution in [0.2, 0.25) is 0 Å². The van der Waals surface area contributed by atoms with Gasteiger partial charge < -0.3 is 9.15 Å². The van der Waals surface area contributed by atoms with Gasteiger partial charge in [-0.25, -0.2) is 9.37 Å². The second kappa shape index (κ2) is 4.14. The second-order valence-electron chi connectivity index (χ2n) is 3.03. The summed E-state index contributed by atoms with van der Waals surface area (Å²) < 4.78 is 23.2. The van der Waals surface area contributed by atoms with Crippen LogP contribution in [0.25, 0.3) is 11.3 Å². The summed E-state index contributed by atoms with van der Waals surface area (Å²) in [5.74, 6) is -0.138. The van der Waals surface area contributed by atoms with Crippen molar-refractivity contribution in [3.63, 3.8) is 0 Å². The SMILES string of the molecule is COc1ccc(-c2ocnc2C=O)cc1F. The van der Waals surface area contributed by atoms with Crippen molar-refractivity contribution in [1.82, 2.24) is 4.98 Å². The van der Waals surface area contributed by atoms with E-state index < -0.39 is 5.82 Å². The molecule has 82 valence electrons. The average Bonchev–Trinajstić information content (AvgIpc) is 2.77. The number of nitrogens with zero attached hydrogens (tertiary/aromatic N) is 1. The molecule has 0 aliphatic carbocycles. The van der Waals surface area contributed by atoms with Crippen molar-refractivity contribution < 1.29 is 18.3 Å². The summed E-state index contributed by atoms with van der Waals surface area (Å²) in [6.07, 6.45) is 1.70. The van der Waals surface area contributed by atoms with Crippen molar-refractivity contribution in [1.29, 1.82) is 0 Å². The Hall–Kier alpha value is -2.17. The summed E-state index contributed by atoms with van der Waals surface area (Å²) >= 11 is 0. The van der Waals surface area contributed by atoms with Crippen LogP contribution in [0, 0.1) is 5.82 Å². The number of benzene rings is 1. The Balaban J connectivity index is 2.49. The highest BCUT2D eigenvalue weighted by Gasteiger charge is 2.12. The van der Waals surface area contributed by atoms with Gasteiger partial charge in [0.25, 0.3) is 0 Å². The van der Waals surface area contributed by atoms with Gasteiger partial charge in [0, 0.05) is 5.56 Å². The molecule has 2 rings (SSSR count). The fourth-order valence-corrected chi connectivity index (χ4v) is 1.36. The maximum Gasteiger partial charge on any atom is 0.182 e. The molecule has 0 radical (unpaired) electrons. The van der Waals surface area contributed by atoms with Gasteiger partial charge >= 0.3 is 0 Å². The zero-order valence-electron chi connectivity index (χ0n) is 8.44. The van der Waals surface area contributed by atoms with Crippen LogP contribution in [0.15, 0.2) is 29.0 Å². The summed E-state index contributed by atoms with van der Waals surface area (Å²) in [5.41, 5.74) is 0.586. The van der Waals surface area contributed by atoms with Crippen molar-refractivity contribution in [2.75, 3.05) is 7.11 Å². The lowest BCUT2D eigenvalue weighted by atomic mass is 10.1. The molecule has 0 aliphatic rings. The molecule has 16 heavy (non-hydrogen) atoms. The molecule has 1 aromatic heterocycles. The topological polar surface area (TPSA) is 52.3 Å². The highest BCUT2D eigenvalue weighted by atomic mass is 19.1. The van der Waals surface area contributed by atoms with E-state index in [1.807, 2.05) is 0 Å². The molecule has 0 atom stereocenters. The molecular formula is C11H8FNO3. The van der Waals surface area contributed by atoms with Crippen molar-refractivity contribution in [3.05, 3.63) is 36.1 Å². The van der Waals surface area contributed by atoms with E-state index in [1.165, 1.54) is 19.2 Å². The van der Waals surface area contributed by atoms with Gasteiger partial charge in [0.1, 0.15) is 5.69 Å². The molecule has 1 heterocycles. The zero-order chi connectivity index (χ0) is 11.5. The number of carbonyl (C=O) groups excluding carboxylic acids is 1. The molecular weight excluding hydrogens is 213 g/mol. The number of carbonyl (C=O) groups is 1. The lowest BCUT2D eigenvalue weighted by Crippen LogP contribution is -1.89. The van der Waals surface area contributed by atoms with E-state index in [-0.39, 0.29) is 17.2 Å². The lowest BCUT2D eigenvalue weighted by Gasteiger charge is -2.03. The van der Waals surface area contributed by atoms with Gasteiger partial charge in [0.2, 0.25) is 0 Å².